The van der Waals surface area contributed by atoms with E-state index in [0.29, 0.717) is 6.42 Å². The van der Waals surface area contributed by atoms with Crippen molar-refractivity contribution in [2.75, 3.05) is 13.1 Å². The molecule has 1 saturated heterocycles. The van der Waals surface area contributed by atoms with Gasteiger partial charge in [0.25, 0.3) is 0 Å². The van der Waals surface area contributed by atoms with Crippen LogP contribution in [0.5, 0.6) is 0 Å². The van der Waals surface area contributed by atoms with E-state index in [1.54, 1.807) is 4.90 Å². The minimum absolute atomic E-state index is 0.0658. The van der Waals surface area contributed by atoms with Crippen LogP contribution in [0.25, 0.3) is 0 Å². The summed E-state index contributed by atoms with van der Waals surface area (Å²) in [5, 5.41) is 18.7. The highest BCUT2D eigenvalue weighted by Gasteiger charge is 2.31. The standard InChI is InChI=1S/C13H25NO3/c1-2-3-4-5-6-7-8-13(17)14-9-11(15)12(16)10-14/h11-12,15-16H,2-10H2,1H3/t11-,12+. The minimum Gasteiger partial charge on any atom is -0.388 e. The second-order valence-electron chi connectivity index (χ2n) is 4.95. The van der Waals surface area contributed by atoms with Crippen LogP contribution in [0.3, 0.4) is 0 Å². The van der Waals surface area contributed by atoms with E-state index in [9.17, 15) is 15.0 Å². The quantitative estimate of drug-likeness (QED) is 0.663. The molecular formula is C13H25NO3. The fourth-order valence-electron chi connectivity index (χ4n) is 2.19. The number of likely N-dealkylation sites (tertiary alicyclic amines) is 1. The Morgan fingerprint density at radius 2 is 1.59 bits per heavy atom. The van der Waals surface area contributed by atoms with Gasteiger partial charge in [0, 0.05) is 19.5 Å². The van der Waals surface area contributed by atoms with E-state index in [0.717, 1.165) is 12.8 Å². The van der Waals surface area contributed by atoms with Gasteiger partial charge in [0.05, 0.1) is 12.2 Å². The zero-order valence-electron chi connectivity index (χ0n) is 10.8. The molecule has 0 bridgehead atoms. The number of carbonyl (C=O) groups is 1. The van der Waals surface area contributed by atoms with E-state index in [4.69, 9.17) is 0 Å². The van der Waals surface area contributed by atoms with Crippen molar-refractivity contribution in [3.63, 3.8) is 0 Å². The largest absolute Gasteiger partial charge is 0.388 e. The van der Waals surface area contributed by atoms with Gasteiger partial charge in [-0.25, -0.2) is 0 Å². The molecule has 0 aromatic carbocycles. The van der Waals surface area contributed by atoms with Crippen LogP contribution in [0.4, 0.5) is 0 Å². The van der Waals surface area contributed by atoms with Gasteiger partial charge in [-0.15, -0.1) is 0 Å². The van der Waals surface area contributed by atoms with Crippen molar-refractivity contribution < 1.29 is 15.0 Å². The number of β-amino-alcohol motifs (C(OH)–C–C–N with tert-alkyl or cyclic N) is 2. The van der Waals surface area contributed by atoms with Crippen LogP contribution < -0.4 is 0 Å². The molecule has 0 saturated carbocycles. The summed E-state index contributed by atoms with van der Waals surface area (Å²) in [5.74, 6) is 0.0658. The molecule has 1 amide bonds. The summed E-state index contributed by atoms with van der Waals surface area (Å²) in [6.07, 6.45) is 6.02. The fraction of sp³-hybridized carbons (Fsp3) is 0.923. The third kappa shape index (κ3) is 5.04. The lowest BCUT2D eigenvalue weighted by Crippen LogP contribution is -2.29. The molecule has 4 heteroatoms. The summed E-state index contributed by atoms with van der Waals surface area (Å²) in [6, 6.07) is 0. The Labute approximate surface area is 104 Å². The van der Waals surface area contributed by atoms with E-state index >= 15 is 0 Å². The molecule has 2 atom stereocenters. The van der Waals surface area contributed by atoms with Crippen molar-refractivity contribution in [3.05, 3.63) is 0 Å². The number of hydrogen-bond acceptors (Lipinski definition) is 3. The third-order valence-corrected chi connectivity index (χ3v) is 3.36. The zero-order chi connectivity index (χ0) is 12.7. The SMILES string of the molecule is CCCCCCCCC(=O)N1C[C@@H](O)[C@@H](O)C1. The molecule has 1 heterocycles. The first-order valence-electron chi connectivity index (χ1n) is 6.79. The average Bonchev–Trinajstić information content (AvgIpc) is 2.64. The van der Waals surface area contributed by atoms with Crippen molar-refractivity contribution in [3.8, 4) is 0 Å². The van der Waals surface area contributed by atoms with Crippen LogP contribution in [-0.4, -0.2) is 46.3 Å². The summed E-state index contributed by atoms with van der Waals surface area (Å²) in [5.41, 5.74) is 0. The lowest BCUT2D eigenvalue weighted by atomic mass is 10.1. The highest BCUT2D eigenvalue weighted by atomic mass is 16.3. The maximum Gasteiger partial charge on any atom is 0.222 e. The van der Waals surface area contributed by atoms with Crippen LogP contribution in [0.2, 0.25) is 0 Å². The normalized spacial score (nSPS) is 24.3. The van der Waals surface area contributed by atoms with E-state index in [-0.39, 0.29) is 19.0 Å². The lowest BCUT2D eigenvalue weighted by Gasteiger charge is -2.14. The smallest absolute Gasteiger partial charge is 0.222 e. The minimum atomic E-state index is -0.761. The van der Waals surface area contributed by atoms with E-state index in [2.05, 4.69) is 6.92 Å². The number of hydrogen-bond donors (Lipinski definition) is 2. The summed E-state index contributed by atoms with van der Waals surface area (Å²) < 4.78 is 0. The molecule has 2 N–H and O–H groups in total. The number of aliphatic hydroxyl groups is 2. The first-order valence-corrected chi connectivity index (χ1v) is 6.79. The van der Waals surface area contributed by atoms with Crippen molar-refractivity contribution in [2.24, 2.45) is 0 Å². The predicted molar refractivity (Wildman–Crippen MR) is 66.6 cm³/mol. The van der Waals surface area contributed by atoms with Gasteiger partial charge in [-0.05, 0) is 6.42 Å². The Balaban J connectivity index is 2.05. The number of amides is 1. The molecule has 0 aromatic rings. The van der Waals surface area contributed by atoms with Crippen molar-refractivity contribution >= 4 is 5.91 Å². The molecule has 0 aromatic heterocycles. The van der Waals surface area contributed by atoms with E-state index < -0.39 is 12.2 Å². The highest BCUT2D eigenvalue weighted by Crippen LogP contribution is 2.13. The molecular weight excluding hydrogens is 218 g/mol. The van der Waals surface area contributed by atoms with Gasteiger partial charge in [-0.3, -0.25) is 4.79 Å². The maximum absolute atomic E-state index is 11.7. The van der Waals surface area contributed by atoms with Gasteiger partial charge in [0.1, 0.15) is 0 Å². The molecule has 0 aliphatic carbocycles. The molecule has 1 rings (SSSR count). The topological polar surface area (TPSA) is 60.8 Å². The zero-order valence-corrected chi connectivity index (χ0v) is 10.8. The Hall–Kier alpha value is -0.610. The number of carbonyl (C=O) groups excluding carboxylic acids is 1. The van der Waals surface area contributed by atoms with Gasteiger partial charge >= 0.3 is 0 Å². The number of rotatable bonds is 7. The third-order valence-electron chi connectivity index (χ3n) is 3.36. The number of nitrogens with zero attached hydrogens (tertiary/aromatic N) is 1. The summed E-state index contributed by atoms with van der Waals surface area (Å²) in [6.45, 7) is 2.76. The van der Waals surface area contributed by atoms with E-state index in [1.807, 2.05) is 0 Å². The first-order chi connectivity index (χ1) is 8.15. The van der Waals surface area contributed by atoms with Gasteiger partial charge in [0.15, 0.2) is 0 Å². The van der Waals surface area contributed by atoms with Crippen molar-refractivity contribution in [2.45, 2.75) is 64.1 Å². The Morgan fingerprint density at radius 3 is 2.18 bits per heavy atom. The molecule has 1 aliphatic rings. The molecule has 100 valence electrons. The van der Waals surface area contributed by atoms with Crippen molar-refractivity contribution in [1.29, 1.82) is 0 Å². The first kappa shape index (κ1) is 14.5. The molecule has 17 heavy (non-hydrogen) atoms. The predicted octanol–water partition coefficient (Wildman–Crippen LogP) is 1.30. The summed E-state index contributed by atoms with van der Waals surface area (Å²) in [7, 11) is 0. The fourth-order valence-corrected chi connectivity index (χ4v) is 2.19. The molecule has 1 aliphatic heterocycles. The monoisotopic (exact) mass is 243 g/mol. The van der Waals surface area contributed by atoms with Crippen LogP contribution in [0, 0.1) is 0 Å². The maximum atomic E-state index is 11.7. The number of aliphatic hydroxyl groups excluding tert-OH is 2. The Kier molecular flexibility index (Phi) is 6.52. The molecule has 0 unspecified atom stereocenters. The Bertz CT molecular complexity index is 223. The lowest BCUT2D eigenvalue weighted by molar-refractivity contribution is -0.130. The second kappa shape index (κ2) is 7.67. The summed E-state index contributed by atoms with van der Waals surface area (Å²) >= 11 is 0. The Morgan fingerprint density at radius 1 is 1.06 bits per heavy atom. The molecule has 4 nitrogen and oxygen atoms in total. The summed E-state index contributed by atoms with van der Waals surface area (Å²) in [4.78, 5) is 13.3. The van der Waals surface area contributed by atoms with Crippen LogP contribution in [0.15, 0.2) is 0 Å². The molecule has 0 radical (unpaired) electrons. The van der Waals surface area contributed by atoms with Gasteiger partial charge < -0.3 is 15.1 Å². The van der Waals surface area contributed by atoms with Crippen LogP contribution in [-0.2, 0) is 4.79 Å². The van der Waals surface area contributed by atoms with E-state index in [1.165, 1.54) is 25.7 Å². The van der Waals surface area contributed by atoms with Gasteiger partial charge in [-0.1, -0.05) is 39.0 Å². The van der Waals surface area contributed by atoms with Gasteiger partial charge in [-0.2, -0.15) is 0 Å². The van der Waals surface area contributed by atoms with Crippen LogP contribution in [0.1, 0.15) is 51.9 Å². The van der Waals surface area contributed by atoms with Crippen molar-refractivity contribution in [1.82, 2.24) is 4.90 Å². The second-order valence-corrected chi connectivity index (χ2v) is 4.95. The molecule has 0 spiro atoms. The number of unbranched alkanes of at least 4 members (excludes halogenated alkanes) is 5. The highest BCUT2D eigenvalue weighted by molar-refractivity contribution is 5.76. The van der Waals surface area contributed by atoms with Gasteiger partial charge in [0.2, 0.25) is 5.91 Å². The average molecular weight is 243 g/mol. The van der Waals surface area contributed by atoms with Crippen LogP contribution >= 0.6 is 0 Å². The molecule has 1 fully saturated rings.